The summed E-state index contributed by atoms with van der Waals surface area (Å²) in [6.45, 7) is 2.95. The average molecular weight is 575 g/mol. The predicted octanol–water partition coefficient (Wildman–Crippen LogP) is 6.91. The number of aromatic nitrogens is 5. The molecule has 0 spiro atoms. The number of anilines is 3. The molecule has 0 unspecified atom stereocenters. The number of hydrogen-bond donors (Lipinski definition) is 2. The summed E-state index contributed by atoms with van der Waals surface area (Å²) < 4.78 is 42.9. The lowest BCUT2D eigenvalue weighted by atomic mass is 10.0. The fourth-order valence-electron chi connectivity index (χ4n) is 4.63. The maximum absolute atomic E-state index is 13.9. The molecule has 6 rings (SSSR count). The molecule has 0 radical (unpaired) electrons. The van der Waals surface area contributed by atoms with E-state index in [4.69, 9.17) is 11.6 Å². The fourth-order valence-corrected chi connectivity index (χ4v) is 4.90. The molecule has 3 aromatic heterocycles. The first-order valence-electron chi connectivity index (χ1n) is 12.7. The van der Waals surface area contributed by atoms with Crippen LogP contribution in [0.4, 0.5) is 30.2 Å². The normalized spacial score (nSPS) is 14.4. The van der Waals surface area contributed by atoms with E-state index in [1.54, 1.807) is 24.3 Å². The Kier molecular flexibility index (Phi) is 6.71. The van der Waals surface area contributed by atoms with E-state index in [1.165, 1.54) is 18.3 Å². The lowest BCUT2D eigenvalue weighted by Gasteiger charge is -2.20. The highest BCUT2D eigenvalue weighted by atomic mass is 35.5. The Hall–Kier alpha value is -4.69. The van der Waals surface area contributed by atoms with Gasteiger partial charge in [0.15, 0.2) is 5.82 Å². The summed E-state index contributed by atoms with van der Waals surface area (Å²) in [7, 11) is 0. The minimum Gasteiger partial charge on any atom is -0.373 e. The number of hydrogen-bond acceptors (Lipinski definition) is 7. The monoisotopic (exact) mass is 574 g/mol. The van der Waals surface area contributed by atoms with E-state index < -0.39 is 17.8 Å². The van der Waals surface area contributed by atoms with Gasteiger partial charge in [-0.25, -0.2) is 13.8 Å². The van der Waals surface area contributed by atoms with Crippen LogP contribution >= 0.6 is 11.6 Å². The van der Waals surface area contributed by atoms with Gasteiger partial charge in [0.05, 0.1) is 45.9 Å². The van der Waals surface area contributed by atoms with Gasteiger partial charge in [0, 0.05) is 29.9 Å². The SMILES string of the molecule is CC1(Cn2cc([C@@H](Nc3cc(Cl)c4ncc(C#N)c(Nc5cnc(F)c(F)c5)c4c3)c3ccc(F)cc3)nn2)CC1. The van der Waals surface area contributed by atoms with Gasteiger partial charge in [0.1, 0.15) is 17.6 Å². The summed E-state index contributed by atoms with van der Waals surface area (Å²) in [6.07, 6.45) is 6.59. The smallest absolute Gasteiger partial charge is 0.249 e. The number of halogens is 4. The fraction of sp³-hybridized carbons (Fsp3) is 0.207. The highest BCUT2D eigenvalue weighted by Gasteiger charge is 2.38. The molecule has 206 valence electrons. The van der Waals surface area contributed by atoms with E-state index in [0.29, 0.717) is 22.3 Å². The van der Waals surface area contributed by atoms with Crippen molar-refractivity contribution in [3.63, 3.8) is 0 Å². The Balaban J connectivity index is 1.41. The number of rotatable bonds is 8. The van der Waals surface area contributed by atoms with Gasteiger partial charge in [-0.15, -0.1) is 5.10 Å². The molecule has 3 heterocycles. The molecule has 12 heteroatoms. The third kappa shape index (κ3) is 5.51. The number of nitriles is 1. The van der Waals surface area contributed by atoms with Crippen molar-refractivity contribution in [2.24, 2.45) is 5.41 Å². The highest BCUT2D eigenvalue weighted by molar-refractivity contribution is 6.36. The van der Waals surface area contributed by atoms with Crippen LogP contribution < -0.4 is 10.6 Å². The molecule has 2 N–H and O–H groups in total. The van der Waals surface area contributed by atoms with Gasteiger partial charge in [-0.05, 0) is 48.1 Å². The second-order valence-corrected chi connectivity index (χ2v) is 10.8. The highest BCUT2D eigenvalue weighted by Crippen LogP contribution is 2.46. The average Bonchev–Trinajstić information content (AvgIpc) is 3.50. The molecular weight excluding hydrogens is 553 g/mol. The molecule has 1 saturated carbocycles. The molecule has 0 amide bonds. The first-order valence-corrected chi connectivity index (χ1v) is 13.1. The molecule has 2 aromatic carbocycles. The molecule has 41 heavy (non-hydrogen) atoms. The van der Waals surface area contributed by atoms with E-state index in [0.717, 1.165) is 37.2 Å². The van der Waals surface area contributed by atoms with Crippen molar-refractivity contribution in [3.05, 3.63) is 100 Å². The summed E-state index contributed by atoms with van der Waals surface area (Å²) in [6, 6.07) is 12.0. The second-order valence-electron chi connectivity index (χ2n) is 10.4. The van der Waals surface area contributed by atoms with Crippen LogP contribution in [-0.2, 0) is 6.54 Å². The van der Waals surface area contributed by atoms with Gasteiger partial charge in [-0.1, -0.05) is 35.9 Å². The van der Waals surface area contributed by atoms with E-state index in [1.807, 2.05) is 10.9 Å². The molecule has 1 atom stereocenters. The predicted molar refractivity (Wildman–Crippen MR) is 148 cm³/mol. The van der Waals surface area contributed by atoms with Crippen LogP contribution in [-0.4, -0.2) is 25.0 Å². The van der Waals surface area contributed by atoms with Crippen LogP contribution in [0.5, 0.6) is 0 Å². The van der Waals surface area contributed by atoms with Crippen LogP contribution in [0.15, 0.2) is 61.1 Å². The number of nitrogens with zero attached hydrogens (tertiary/aromatic N) is 6. The van der Waals surface area contributed by atoms with Crippen molar-refractivity contribution in [1.82, 2.24) is 25.0 Å². The van der Waals surface area contributed by atoms with Gasteiger partial charge < -0.3 is 10.6 Å². The summed E-state index contributed by atoms with van der Waals surface area (Å²) >= 11 is 6.64. The largest absolute Gasteiger partial charge is 0.373 e. The zero-order valence-corrected chi connectivity index (χ0v) is 22.4. The Bertz CT molecular complexity index is 1810. The van der Waals surface area contributed by atoms with Gasteiger partial charge in [0.25, 0.3) is 0 Å². The Morgan fingerprint density at radius 3 is 2.56 bits per heavy atom. The van der Waals surface area contributed by atoms with Gasteiger partial charge in [-0.3, -0.25) is 9.67 Å². The quantitative estimate of drug-likeness (QED) is 0.194. The van der Waals surface area contributed by atoms with Crippen LogP contribution in [0.2, 0.25) is 5.02 Å². The molecule has 1 fully saturated rings. The lowest BCUT2D eigenvalue weighted by Crippen LogP contribution is -2.13. The third-order valence-corrected chi connectivity index (χ3v) is 7.41. The van der Waals surface area contributed by atoms with Crippen molar-refractivity contribution in [2.75, 3.05) is 10.6 Å². The number of benzene rings is 2. The van der Waals surface area contributed by atoms with E-state index in [2.05, 4.69) is 43.9 Å². The summed E-state index contributed by atoms with van der Waals surface area (Å²) in [4.78, 5) is 7.74. The van der Waals surface area contributed by atoms with Gasteiger partial charge in [0.2, 0.25) is 5.95 Å². The summed E-state index contributed by atoms with van der Waals surface area (Å²) in [5.74, 6) is -2.75. The first-order chi connectivity index (χ1) is 19.7. The number of pyridine rings is 2. The molecule has 1 aliphatic carbocycles. The van der Waals surface area contributed by atoms with E-state index in [9.17, 15) is 18.4 Å². The van der Waals surface area contributed by atoms with Crippen LogP contribution in [0.3, 0.4) is 0 Å². The zero-order chi connectivity index (χ0) is 28.7. The maximum atomic E-state index is 13.9. The minimum absolute atomic E-state index is 0.132. The van der Waals surface area contributed by atoms with E-state index >= 15 is 0 Å². The lowest BCUT2D eigenvalue weighted by molar-refractivity contribution is 0.424. The first kappa shape index (κ1) is 26.5. The molecule has 0 bridgehead atoms. The van der Waals surface area contributed by atoms with Crippen molar-refractivity contribution >= 4 is 39.6 Å². The standard InChI is InChI=1S/C29H22ClF3N8/c1-29(6-7-29)15-41-14-24(39-40-41)26(16-2-4-18(31)5-3-16)37-19-8-21-25(38-20-10-23(32)28(33)36-13-20)17(11-34)12-35-27(21)22(30)9-19/h2-5,8-10,12-14,26,37H,6-7,15H2,1H3,(H,35,38)/t26-/m0/s1. The number of nitrogens with one attached hydrogen (secondary N) is 2. The van der Waals surface area contributed by atoms with Gasteiger partial charge in [-0.2, -0.15) is 9.65 Å². The third-order valence-electron chi connectivity index (χ3n) is 7.12. The van der Waals surface area contributed by atoms with Crippen LogP contribution in [0.1, 0.15) is 42.6 Å². The van der Waals surface area contributed by atoms with Crippen LogP contribution in [0.25, 0.3) is 10.9 Å². The van der Waals surface area contributed by atoms with Gasteiger partial charge >= 0.3 is 0 Å². The molecule has 0 saturated heterocycles. The number of fused-ring (bicyclic) bond motifs is 1. The maximum Gasteiger partial charge on any atom is 0.249 e. The topological polar surface area (TPSA) is 104 Å². The van der Waals surface area contributed by atoms with Crippen molar-refractivity contribution in [3.8, 4) is 6.07 Å². The van der Waals surface area contributed by atoms with E-state index in [-0.39, 0.29) is 33.2 Å². The van der Waals surface area contributed by atoms with Crippen molar-refractivity contribution in [1.29, 1.82) is 5.26 Å². The van der Waals surface area contributed by atoms with Crippen molar-refractivity contribution in [2.45, 2.75) is 32.4 Å². The summed E-state index contributed by atoms with van der Waals surface area (Å²) in [5.41, 5.74) is 3.08. The molecule has 8 nitrogen and oxygen atoms in total. The Morgan fingerprint density at radius 2 is 1.85 bits per heavy atom. The minimum atomic E-state index is -1.24. The van der Waals surface area contributed by atoms with Crippen molar-refractivity contribution < 1.29 is 13.2 Å². The molecular formula is C29H22ClF3N8. The second kappa shape index (κ2) is 10.4. The Labute approximate surface area is 237 Å². The zero-order valence-electron chi connectivity index (χ0n) is 21.7. The summed E-state index contributed by atoms with van der Waals surface area (Å²) in [5, 5.41) is 25.6. The molecule has 5 aromatic rings. The van der Waals surface area contributed by atoms with Crippen LogP contribution in [0, 0.1) is 34.3 Å². The molecule has 0 aliphatic heterocycles. The Morgan fingerprint density at radius 1 is 1.07 bits per heavy atom. The molecule has 1 aliphatic rings.